The lowest BCUT2D eigenvalue weighted by molar-refractivity contribution is 0.321. The Morgan fingerprint density at radius 2 is 1.95 bits per heavy atom. The van der Waals surface area contributed by atoms with Crippen LogP contribution in [0.25, 0.3) is 0 Å². The van der Waals surface area contributed by atoms with Gasteiger partial charge in [-0.3, -0.25) is 0 Å². The molecule has 1 heterocycles. The number of aryl methyl sites for hydroxylation is 1. The second-order valence-corrected chi connectivity index (χ2v) is 6.76. The predicted molar refractivity (Wildman–Crippen MR) is 75.8 cm³/mol. The zero-order valence-electron chi connectivity index (χ0n) is 12.1. The molecular formula is C17H25NO. The molecule has 0 radical (unpaired) electrons. The number of fused-ring (bicyclic) bond motifs is 5. The zero-order valence-corrected chi connectivity index (χ0v) is 12.1. The largest absolute Gasteiger partial charge is 0.464 e. The van der Waals surface area contributed by atoms with E-state index in [0.717, 1.165) is 48.3 Å². The predicted octanol–water partition coefficient (Wildman–Crippen LogP) is 3.78. The van der Waals surface area contributed by atoms with Crippen molar-refractivity contribution in [2.24, 2.45) is 29.6 Å². The maximum atomic E-state index is 6.04. The van der Waals surface area contributed by atoms with E-state index in [4.69, 9.17) is 4.42 Å². The van der Waals surface area contributed by atoms with Gasteiger partial charge in [-0.1, -0.05) is 13.8 Å². The summed E-state index contributed by atoms with van der Waals surface area (Å²) in [6, 6.07) is 4.85. The fourth-order valence-corrected chi connectivity index (χ4v) is 5.24. The standard InChI is InChI=1S/C17H25NO/c1-3-12-7-8-13(19-12)17(18-4-2)16-14-10-5-6-11(9-10)15(14)16/h7-8,10-11,14-18H,3-6,9H2,1-2H3. The maximum Gasteiger partial charge on any atom is 0.121 e. The van der Waals surface area contributed by atoms with Crippen molar-refractivity contribution in [2.75, 3.05) is 6.54 Å². The molecule has 104 valence electrons. The van der Waals surface area contributed by atoms with Crippen LogP contribution < -0.4 is 5.32 Å². The molecular weight excluding hydrogens is 234 g/mol. The monoisotopic (exact) mass is 259 g/mol. The van der Waals surface area contributed by atoms with E-state index in [-0.39, 0.29) is 0 Å². The van der Waals surface area contributed by atoms with Gasteiger partial charge >= 0.3 is 0 Å². The molecule has 0 amide bonds. The van der Waals surface area contributed by atoms with Crippen molar-refractivity contribution in [3.05, 3.63) is 23.7 Å². The van der Waals surface area contributed by atoms with Crippen molar-refractivity contribution in [1.82, 2.24) is 5.32 Å². The van der Waals surface area contributed by atoms with E-state index in [1.165, 1.54) is 25.0 Å². The van der Waals surface area contributed by atoms with Crippen LogP contribution >= 0.6 is 0 Å². The molecule has 1 aromatic rings. The second-order valence-electron chi connectivity index (χ2n) is 6.76. The van der Waals surface area contributed by atoms with Crippen molar-refractivity contribution >= 4 is 0 Å². The van der Waals surface area contributed by atoms with E-state index >= 15 is 0 Å². The lowest BCUT2D eigenvalue weighted by Crippen LogP contribution is -2.25. The van der Waals surface area contributed by atoms with Crippen LogP contribution in [0.5, 0.6) is 0 Å². The van der Waals surface area contributed by atoms with Gasteiger partial charge in [0, 0.05) is 6.42 Å². The highest BCUT2D eigenvalue weighted by molar-refractivity contribution is 5.21. The maximum absolute atomic E-state index is 6.04. The average molecular weight is 259 g/mol. The third-order valence-electron chi connectivity index (χ3n) is 5.94. The third kappa shape index (κ3) is 1.72. The minimum absolute atomic E-state index is 0.476. The minimum atomic E-state index is 0.476. The molecule has 5 unspecified atom stereocenters. The Morgan fingerprint density at radius 3 is 2.53 bits per heavy atom. The third-order valence-corrected chi connectivity index (χ3v) is 5.94. The lowest BCUT2D eigenvalue weighted by Gasteiger charge is -2.19. The molecule has 1 N–H and O–H groups in total. The Hall–Kier alpha value is -0.760. The van der Waals surface area contributed by atoms with Gasteiger partial charge < -0.3 is 9.73 Å². The number of rotatable bonds is 5. The van der Waals surface area contributed by atoms with Crippen LogP contribution in [0.3, 0.4) is 0 Å². The highest BCUT2D eigenvalue weighted by Gasteiger charge is 2.67. The first-order valence-electron chi connectivity index (χ1n) is 8.15. The summed E-state index contributed by atoms with van der Waals surface area (Å²) in [7, 11) is 0. The molecule has 3 saturated carbocycles. The van der Waals surface area contributed by atoms with Crippen molar-refractivity contribution < 1.29 is 4.42 Å². The van der Waals surface area contributed by atoms with Crippen molar-refractivity contribution in [2.45, 2.75) is 45.6 Å². The summed E-state index contributed by atoms with van der Waals surface area (Å²) in [5.41, 5.74) is 0. The lowest BCUT2D eigenvalue weighted by atomic mass is 9.96. The van der Waals surface area contributed by atoms with Crippen molar-refractivity contribution in [3.8, 4) is 0 Å². The smallest absolute Gasteiger partial charge is 0.121 e. The Kier molecular flexibility index (Phi) is 2.77. The normalized spacial score (nSPS) is 40.4. The summed E-state index contributed by atoms with van der Waals surface area (Å²) in [6.07, 6.45) is 5.53. The van der Waals surface area contributed by atoms with E-state index in [9.17, 15) is 0 Å². The van der Waals surface area contributed by atoms with Gasteiger partial charge in [-0.15, -0.1) is 0 Å². The summed E-state index contributed by atoms with van der Waals surface area (Å²) >= 11 is 0. The number of nitrogens with one attached hydrogen (secondary N) is 1. The summed E-state index contributed by atoms with van der Waals surface area (Å²) < 4.78 is 6.04. The molecule has 0 spiro atoms. The molecule has 0 aliphatic heterocycles. The molecule has 2 heteroatoms. The number of hydrogen-bond acceptors (Lipinski definition) is 2. The summed E-state index contributed by atoms with van der Waals surface area (Å²) in [5, 5.41) is 3.70. The Labute approximate surface area is 116 Å². The quantitative estimate of drug-likeness (QED) is 0.870. The topological polar surface area (TPSA) is 25.2 Å². The van der Waals surface area contributed by atoms with E-state index in [1.807, 2.05) is 0 Å². The van der Waals surface area contributed by atoms with Crippen LogP contribution in [-0.2, 0) is 6.42 Å². The van der Waals surface area contributed by atoms with Crippen LogP contribution in [-0.4, -0.2) is 6.54 Å². The molecule has 4 rings (SSSR count). The van der Waals surface area contributed by atoms with Gasteiger partial charge in [-0.25, -0.2) is 0 Å². The van der Waals surface area contributed by atoms with Crippen LogP contribution in [0.15, 0.2) is 16.5 Å². The highest BCUT2D eigenvalue weighted by Crippen LogP contribution is 2.72. The van der Waals surface area contributed by atoms with Crippen LogP contribution in [0, 0.1) is 29.6 Å². The Bertz CT molecular complexity index is 450. The van der Waals surface area contributed by atoms with Crippen molar-refractivity contribution in [1.29, 1.82) is 0 Å². The summed E-state index contributed by atoms with van der Waals surface area (Å²) in [5.74, 6) is 7.30. The summed E-state index contributed by atoms with van der Waals surface area (Å²) in [4.78, 5) is 0. The number of furan rings is 1. The van der Waals surface area contributed by atoms with Gasteiger partial charge in [0.25, 0.3) is 0 Å². The van der Waals surface area contributed by atoms with E-state index in [1.54, 1.807) is 0 Å². The molecule has 0 aromatic carbocycles. The first kappa shape index (κ1) is 12.0. The fraction of sp³-hybridized carbons (Fsp3) is 0.765. The van der Waals surface area contributed by atoms with Gasteiger partial charge in [0.1, 0.15) is 11.5 Å². The van der Waals surface area contributed by atoms with E-state index < -0.39 is 0 Å². The molecule has 0 saturated heterocycles. The second kappa shape index (κ2) is 4.37. The first-order valence-corrected chi connectivity index (χ1v) is 8.15. The van der Waals surface area contributed by atoms with Gasteiger partial charge in [0.05, 0.1) is 6.04 Å². The molecule has 3 fully saturated rings. The molecule has 5 atom stereocenters. The van der Waals surface area contributed by atoms with Gasteiger partial charge in [0.15, 0.2) is 0 Å². The van der Waals surface area contributed by atoms with Crippen LogP contribution in [0.2, 0.25) is 0 Å². The Morgan fingerprint density at radius 1 is 1.21 bits per heavy atom. The Balaban J connectivity index is 1.56. The first-order chi connectivity index (χ1) is 9.33. The fourth-order valence-electron chi connectivity index (χ4n) is 5.24. The molecule has 2 nitrogen and oxygen atoms in total. The molecule has 19 heavy (non-hydrogen) atoms. The number of hydrogen-bond donors (Lipinski definition) is 1. The zero-order chi connectivity index (χ0) is 13.0. The summed E-state index contributed by atoms with van der Waals surface area (Å²) in [6.45, 7) is 5.42. The SMILES string of the molecule is CCNC(c1ccc(CC)o1)C1C2C3CCC(C3)C21. The van der Waals surface area contributed by atoms with Gasteiger partial charge in [0.2, 0.25) is 0 Å². The van der Waals surface area contributed by atoms with Crippen LogP contribution in [0.4, 0.5) is 0 Å². The molecule has 1 aromatic heterocycles. The molecule has 3 aliphatic carbocycles. The molecule has 2 bridgehead atoms. The minimum Gasteiger partial charge on any atom is -0.464 e. The van der Waals surface area contributed by atoms with E-state index in [2.05, 4.69) is 31.3 Å². The van der Waals surface area contributed by atoms with Crippen LogP contribution in [0.1, 0.15) is 50.7 Å². The van der Waals surface area contributed by atoms with E-state index in [0.29, 0.717) is 6.04 Å². The van der Waals surface area contributed by atoms with Gasteiger partial charge in [-0.05, 0) is 67.5 Å². The van der Waals surface area contributed by atoms with Gasteiger partial charge in [-0.2, -0.15) is 0 Å². The average Bonchev–Trinajstić information content (AvgIpc) is 2.84. The molecule has 3 aliphatic rings. The van der Waals surface area contributed by atoms with Crippen molar-refractivity contribution in [3.63, 3.8) is 0 Å². The highest BCUT2D eigenvalue weighted by atomic mass is 16.3.